The number of benzene rings is 1. The summed E-state index contributed by atoms with van der Waals surface area (Å²) in [6.45, 7) is 0. The van der Waals surface area contributed by atoms with E-state index in [0.29, 0.717) is 10.0 Å². The molecule has 0 fully saturated rings. The molecule has 1 nitrogen and oxygen atoms in total. The van der Waals surface area contributed by atoms with Gasteiger partial charge in [-0.05, 0) is 48.4 Å². The molecule has 2 aromatic rings. The third-order valence-electron chi connectivity index (χ3n) is 2.84. The second kappa shape index (κ2) is 6.58. The van der Waals surface area contributed by atoms with E-state index in [0.717, 1.165) is 24.8 Å². The summed E-state index contributed by atoms with van der Waals surface area (Å²) in [4.78, 5) is 1.38. The smallest absolute Gasteiger partial charge is 0.0453 e. The summed E-state index contributed by atoms with van der Waals surface area (Å²) in [5, 5.41) is 3.46. The second-order valence-corrected chi connectivity index (χ2v) is 6.19. The molecule has 0 bridgehead atoms. The molecule has 0 aliphatic rings. The summed E-state index contributed by atoms with van der Waals surface area (Å²) >= 11 is 13.8. The van der Waals surface area contributed by atoms with Crippen molar-refractivity contribution in [1.29, 1.82) is 0 Å². The molecule has 1 atom stereocenters. The van der Waals surface area contributed by atoms with Crippen LogP contribution in [0.2, 0.25) is 10.0 Å². The van der Waals surface area contributed by atoms with Gasteiger partial charge in [0.15, 0.2) is 0 Å². The van der Waals surface area contributed by atoms with Gasteiger partial charge in [0.05, 0.1) is 0 Å². The fourth-order valence-electron chi connectivity index (χ4n) is 1.85. The molecule has 18 heavy (non-hydrogen) atoms. The van der Waals surface area contributed by atoms with Crippen LogP contribution in [0.4, 0.5) is 0 Å². The highest BCUT2D eigenvalue weighted by atomic mass is 35.5. The van der Waals surface area contributed by atoms with Gasteiger partial charge >= 0.3 is 0 Å². The van der Waals surface area contributed by atoms with Gasteiger partial charge in [0.2, 0.25) is 0 Å². The highest BCUT2D eigenvalue weighted by Gasteiger charge is 2.08. The van der Waals surface area contributed by atoms with Crippen molar-refractivity contribution < 1.29 is 0 Å². The van der Waals surface area contributed by atoms with Gasteiger partial charge in [0.25, 0.3) is 0 Å². The molecule has 96 valence electrons. The van der Waals surface area contributed by atoms with Crippen LogP contribution in [0.15, 0.2) is 35.7 Å². The van der Waals surface area contributed by atoms with Crippen LogP contribution in [0.1, 0.15) is 16.9 Å². The molecule has 4 heteroatoms. The van der Waals surface area contributed by atoms with Crippen molar-refractivity contribution >= 4 is 34.5 Å². The molecular formula is C14H15Cl2NS. The second-order valence-electron chi connectivity index (χ2n) is 4.32. The van der Waals surface area contributed by atoms with Gasteiger partial charge in [-0.2, -0.15) is 0 Å². The quantitative estimate of drug-likeness (QED) is 0.861. The molecule has 0 amide bonds. The average Bonchev–Trinajstić information content (AvgIpc) is 2.83. The van der Waals surface area contributed by atoms with Crippen LogP contribution < -0.4 is 5.73 Å². The molecule has 0 aliphatic carbocycles. The zero-order chi connectivity index (χ0) is 13.0. The Labute approximate surface area is 122 Å². The Morgan fingerprint density at radius 3 is 2.72 bits per heavy atom. The lowest BCUT2D eigenvalue weighted by atomic mass is 10.0. The van der Waals surface area contributed by atoms with E-state index in [2.05, 4.69) is 17.5 Å². The summed E-state index contributed by atoms with van der Waals surface area (Å²) < 4.78 is 0. The summed E-state index contributed by atoms with van der Waals surface area (Å²) in [7, 11) is 0. The van der Waals surface area contributed by atoms with E-state index in [1.807, 2.05) is 12.1 Å². The van der Waals surface area contributed by atoms with E-state index in [-0.39, 0.29) is 6.04 Å². The van der Waals surface area contributed by atoms with Crippen molar-refractivity contribution in [3.8, 4) is 0 Å². The number of hydrogen-bond donors (Lipinski definition) is 1. The summed E-state index contributed by atoms with van der Waals surface area (Å²) in [6, 6.07) is 9.93. The van der Waals surface area contributed by atoms with E-state index in [4.69, 9.17) is 28.9 Å². The zero-order valence-corrected chi connectivity index (χ0v) is 12.2. The van der Waals surface area contributed by atoms with E-state index >= 15 is 0 Å². The fraction of sp³-hybridized carbons (Fsp3) is 0.286. The first-order valence-corrected chi connectivity index (χ1v) is 7.50. The number of halogens is 2. The van der Waals surface area contributed by atoms with Crippen LogP contribution in [0.3, 0.4) is 0 Å². The summed E-state index contributed by atoms with van der Waals surface area (Å²) in [6.07, 6.45) is 2.80. The molecule has 0 radical (unpaired) electrons. The standard InChI is InChI=1S/C14H15Cl2NS/c15-11-4-3-10(14(16)9-11)8-12(17)5-6-13-2-1-7-18-13/h1-4,7,9,12H,5-6,8,17H2. The first kappa shape index (κ1) is 13.9. The first-order chi connectivity index (χ1) is 8.65. The lowest BCUT2D eigenvalue weighted by molar-refractivity contribution is 0.613. The van der Waals surface area contributed by atoms with Crippen molar-refractivity contribution in [2.75, 3.05) is 0 Å². The average molecular weight is 300 g/mol. The maximum absolute atomic E-state index is 6.14. The molecular weight excluding hydrogens is 285 g/mol. The molecule has 0 aliphatic heterocycles. The van der Waals surface area contributed by atoms with E-state index in [9.17, 15) is 0 Å². The monoisotopic (exact) mass is 299 g/mol. The number of thiophene rings is 1. The van der Waals surface area contributed by atoms with Gasteiger partial charge in [0.1, 0.15) is 0 Å². The minimum absolute atomic E-state index is 0.130. The van der Waals surface area contributed by atoms with Crippen LogP contribution >= 0.6 is 34.5 Å². The van der Waals surface area contributed by atoms with E-state index in [1.54, 1.807) is 17.4 Å². The Balaban J connectivity index is 1.88. The lowest BCUT2D eigenvalue weighted by Crippen LogP contribution is -2.23. The summed E-state index contributed by atoms with van der Waals surface area (Å²) in [5.41, 5.74) is 7.21. The maximum Gasteiger partial charge on any atom is 0.0453 e. The Bertz CT molecular complexity index is 497. The Morgan fingerprint density at radius 2 is 2.06 bits per heavy atom. The van der Waals surface area contributed by atoms with Crippen LogP contribution in [0, 0.1) is 0 Å². The molecule has 0 saturated carbocycles. The van der Waals surface area contributed by atoms with Crippen LogP contribution in [-0.4, -0.2) is 6.04 Å². The third-order valence-corrected chi connectivity index (χ3v) is 4.36. The van der Waals surface area contributed by atoms with E-state index < -0.39 is 0 Å². The highest BCUT2D eigenvalue weighted by Crippen LogP contribution is 2.22. The fourth-order valence-corrected chi connectivity index (χ4v) is 3.06. The SMILES string of the molecule is NC(CCc1cccs1)Cc1ccc(Cl)cc1Cl. The minimum Gasteiger partial charge on any atom is -0.327 e. The predicted molar refractivity (Wildman–Crippen MR) is 80.8 cm³/mol. The predicted octanol–water partition coefficient (Wildman–Crippen LogP) is 4.56. The number of nitrogens with two attached hydrogens (primary N) is 1. The van der Waals surface area contributed by atoms with Crippen LogP contribution in [0.25, 0.3) is 0 Å². The van der Waals surface area contributed by atoms with Gasteiger partial charge in [-0.1, -0.05) is 35.3 Å². The highest BCUT2D eigenvalue weighted by molar-refractivity contribution is 7.09. The van der Waals surface area contributed by atoms with Crippen LogP contribution in [0.5, 0.6) is 0 Å². The lowest BCUT2D eigenvalue weighted by Gasteiger charge is -2.12. The zero-order valence-electron chi connectivity index (χ0n) is 9.90. The number of hydrogen-bond acceptors (Lipinski definition) is 2. The normalized spacial score (nSPS) is 12.6. The van der Waals surface area contributed by atoms with Crippen molar-refractivity contribution in [3.63, 3.8) is 0 Å². The molecule has 1 aromatic heterocycles. The third kappa shape index (κ3) is 3.99. The molecule has 1 unspecified atom stereocenters. The van der Waals surface area contributed by atoms with Crippen molar-refractivity contribution in [1.82, 2.24) is 0 Å². The number of aryl methyl sites for hydroxylation is 1. The van der Waals surface area contributed by atoms with E-state index in [1.165, 1.54) is 4.88 Å². The van der Waals surface area contributed by atoms with Crippen molar-refractivity contribution in [2.24, 2.45) is 5.73 Å². The molecule has 2 N–H and O–H groups in total. The Kier molecular flexibility index (Phi) is 5.07. The topological polar surface area (TPSA) is 26.0 Å². The molecule has 0 saturated heterocycles. The first-order valence-electron chi connectivity index (χ1n) is 5.87. The van der Waals surface area contributed by atoms with Crippen molar-refractivity contribution in [2.45, 2.75) is 25.3 Å². The van der Waals surface area contributed by atoms with Crippen LogP contribution in [-0.2, 0) is 12.8 Å². The molecule has 2 rings (SSSR count). The molecule has 1 heterocycles. The van der Waals surface area contributed by atoms with Gasteiger partial charge in [0, 0.05) is 21.0 Å². The molecule has 1 aromatic carbocycles. The van der Waals surface area contributed by atoms with Gasteiger partial charge in [-0.25, -0.2) is 0 Å². The van der Waals surface area contributed by atoms with Gasteiger partial charge < -0.3 is 5.73 Å². The van der Waals surface area contributed by atoms with Crippen molar-refractivity contribution in [3.05, 3.63) is 56.2 Å². The largest absolute Gasteiger partial charge is 0.327 e. The molecule has 0 spiro atoms. The Hall–Kier alpha value is -0.540. The number of rotatable bonds is 5. The minimum atomic E-state index is 0.130. The summed E-state index contributed by atoms with van der Waals surface area (Å²) in [5.74, 6) is 0. The van der Waals surface area contributed by atoms with Gasteiger partial charge in [-0.15, -0.1) is 11.3 Å². The van der Waals surface area contributed by atoms with Gasteiger partial charge in [-0.3, -0.25) is 0 Å². The Morgan fingerprint density at radius 1 is 1.22 bits per heavy atom. The maximum atomic E-state index is 6.14.